The Labute approximate surface area is 223 Å². The summed E-state index contributed by atoms with van der Waals surface area (Å²) in [6.45, 7) is 6.23. The summed E-state index contributed by atoms with van der Waals surface area (Å²) in [6, 6.07) is 11.3. The van der Waals surface area contributed by atoms with Crippen molar-refractivity contribution in [2.75, 3.05) is 7.11 Å². The summed E-state index contributed by atoms with van der Waals surface area (Å²) in [5.74, 6) is 0.747. The van der Waals surface area contributed by atoms with Gasteiger partial charge in [0.25, 0.3) is 5.91 Å². The van der Waals surface area contributed by atoms with E-state index >= 15 is 0 Å². The number of methoxy groups -OCH3 is 1. The summed E-state index contributed by atoms with van der Waals surface area (Å²) in [5.41, 5.74) is 10.1. The Hall–Kier alpha value is -3.65. The van der Waals surface area contributed by atoms with E-state index in [0.717, 1.165) is 40.8 Å². The average molecular weight is 517 g/mol. The van der Waals surface area contributed by atoms with Gasteiger partial charge in [0.1, 0.15) is 11.4 Å². The highest BCUT2D eigenvalue weighted by Crippen LogP contribution is 2.40. The van der Waals surface area contributed by atoms with Crippen LogP contribution in [0.4, 0.5) is 0 Å². The van der Waals surface area contributed by atoms with Crippen molar-refractivity contribution in [2.24, 2.45) is 10.7 Å². The van der Waals surface area contributed by atoms with Crippen molar-refractivity contribution in [1.29, 1.82) is 0 Å². The predicted octanol–water partition coefficient (Wildman–Crippen LogP) is 4.65. The Morgan fingerprint density at radius 1 is 1.21 bits per heavy atom. The molecular weight excluding hydrogens is 480 g/mol. The zero-order valence-corrected chi connectivity index (χ0v) is 22.5. The maximum atomic E-state index is 13.6. The number of guanidine groups is 1. The SMILES string of the molecule is COC(C)c1ccc2cc1CN1C(=O)CC(CC/C=C/c3ccc4c(c3)C(CC(C)(C)O4)NC2=O)N=C1N. The normalized spacial score (nSPS) is 24.4. The number of benzene rings is 2. The molecule has 38 heavy (non-hydrogen) atoms. The second-order valence-corrected chi connectivity index (χ2v) is 11.0. The van der Waals surface area contributed by atoms with Gasteiger partial charge >= 0.3 is 0 Å². The van der Waals surface area contributed by atoms with Crippen molar-refractivity contribution in [3.8, 4) is 5.75 Å². The van der Waals surface area contributed by atoms with Crippen LogP contribution in [-0.4, -0.2) is 41.4 Å². The number of nitrogens with zero attached hydrogens (tertiary/aromatic N) is 2. The van der Waals surface area contributed by atoms with Gasteiger partial charge in [-0.25, -0.2) is 4.99 Å². The van der Waals surface area contributed by atoms with Crippen LogP contribution in [0.3, 0.4) is 0 Å². The Balaban J connectivity index is 1.58. The van der Waals surface area contributed by atoms with E-state index in [1.165, 1.54) is 4.90 Å². The van der Waals surface area contributed by atoms with Crippen LogP contribution in [-0.2, 0) is 16.1 Å². The molecule has 6 rings (SSSR count). The molecule has 2 aromatic rings. The molecule has 0 aromatic heterocycles. The minimum Gasteiger partial charge on any atom is -0.487 e. The second kappa shape index (κ2) is 10.3. The number of carbonyl (C=O) groups excluding carboxylic acids is 2. The zero-order valence-electron chi connectivity index (χ0n) is 22.5. The quantitative estimate of drug-likeness (QED) is 0.604. The number of hydrogen-bond acceptors (Lipinski definition) is 6. The van der Waals surface area contributed by atoms with Crippen molar-refractivity contribution in [3.63, 3.8) is 0 Å². The minimum absolute atomic E-state index is 0.0665. The summed E-state index contributed by atoms with van der Waals surface area (Å²) in [7, 11) is 1.64. The number of nitrogens with one attached hydrogen (secondary N) is 1. The molecule has 8 heteroatoms. The lowest BCUT2D eigenvalue weighted by Crippen LogP contribution is -2.47. The molecule has 3 atom stereocenters. The van der Waals surface area contributed by atoms with Gasteiger partial charge in [-0.15, -0.1) is 0 Å². The number of nitrogens with two attached hydrogens (primary N) is 1. The van der Waals surface area contributed by atoms with Gasteiger partial charge in [-0.05, 0) is 74.6 Å². The summed E-state index contributed by atoms with van der Waals surface area (Å²) < 4.78 is 11.8. The van der Waals surface area contributed by atoms with Crippen molar-refractivity contribution in [3.05, 3.63) is 70.3 Å². The summed E-state index contributed by atoms with van der Waals surface area (Å²) >= 11 is 0. The standard InChI is InChI=1S/C30H36N4O4/c1-18(37-4)23-11-10-20-14-21(23)17-34-27(35)15-22(32-29(34)31)8-6-5-7-19-9-12-26-24(13-19)25(33-28(20)36)16-30(2,3)38-26/h5,7,9-14,18,22,25H,6,8,15-17H2,1-4H3,(H2,31,32)(H,33,36)/b7-5+. The van der Waals surface area contributed by atoms with Crippen LogP contribution in [0, 0.1) is 0 Å². The number of fused-ring (bicyclic) bond motifs is 4. The molecule has 0 saturated heterocycles. The molecule has 4 aliphatic heterocycles. The van der Waals surface area contributed by atoms with Crippen molar-refractivity contribution in [2.45, 2.75) is 76.8 Å². The fourth-order valence-electron chi connectivity index (χ4n) is 5.51. The predicted molar refractivity (Wildman–Crippen MR) is 147 cm³/mol. The lowest BCUT2D eigenvalue weighted by Gasteiger charge is -2.38. The van der Waals surface area contributed by atoms with Gasteiger partial charge in [-0.3, -0.25) is 14.5 Å². The number of amides is 2. The average Bonchev–Trinajstić information content (AvgIpc) is 2.87. The van der Waals surface area contributed by atoms with Crippen LogP contribution in [0.1, 0.15) is 91.2 Å². The number of hydrogen-bond donors (Lipinski definition) is 2. The van der Waals surface area contributed by atoms with Crippen LogP contribution >= 0.6 is 0 Å². The van der Waals surface area contributed by atoms with Crippen LogP contribution < -0.4 is 15.8 Å². The van der Waals surface area contributed by atoms with Crippen molar-refractivity contribution in [1.82, 2.24) is 10.2 Å². The number of aliphatic imine (C=N–C) groups is 1. The molecule has 2 amide bonds. The molecule has 4 aliphatic rings. The van der Waals surface area contributed by atoms with Crippen LogP contribution in [0.2, 0.25) is 0 Å². The lowest BCUT2D eigenvalue weighted by atomic mass is 9.88. The third-order valence-corrected chi connectivity index (χ3v) is 7.60. The highest BCUT2D eigenvalue weighted by molar-refractivity contribution is 5.98. The van der Waals surface area contributed by atoms with Gasteiger partial charge in [0.15, 0.2) is 5.96 Å². The number of allylic oxidation sites excluding steroid dienone is 1. The maximum Gasteiger partial charge on any atom is 0.251 e. The number of ether oxygens (including phenoxy) is 2. The molecule has 0 spiro atoms. The summed E-state index contributed by atoms with van der Waals surface area (Å²) in [5, 5.41) is 3.25. The van der Waals surface area contributed by atoms with Crippen LogP contribution in [0.15, 0.2) is 47.5 Å². The third-order valence-electron chi connectivity index (χ3n) is 7.60. The molecule has 2 aromatic carbocycles. The third kappa shape index (κ3) is 5.31. The van der Waals surface area contributed by atoms with Gasteiger partial charge < -0.3 is 20.5 Å². The Morgan fingerprint density at radius 2 is 2.03 bits per heavy atom. The van der Waals surface area contributed by atoms with E-state index in [0.29, 0.717) is 18.4 Å². The topological polar surface area (TPSA) is 106 Å². The molecular formula is C30H36N4O4. The Bertz CT molecular complexity index is 1320. The molecule has 4 heterocycles. The van der Waals surface area contributed by atoms with Gasteiger partial charge in [0, 0.05) is 31.1 Å². The molecule has 0 aliphatic carbocycles. The fraction of sp³-hybridized carbons (Fsp3) is 0.433. The molecule has 200 valence electrons. The van der Waals surface area contributed by atoms with Crippen molar-refractivity contribution >= 4 is 23.8 Å². The van der Waals surface area contributed by atoms with Gasteiger partial charge in [0.05, 0.1) is 24.7 Å². The summed E-state index contributed by atoms with van der Waals surface area (Å²) in [4.78, 5) is 32.8. The monoisotopic (exact) mass is 516 g/mol. The van der Waals surface area contributed by atoms with E-state index in [1.807, 2.05) is 45.0 Å². The highest BCUT2D eigenvalue weighted by atomic mass is 16.5. The fourth-order valence-corrected chi connectivity index (χ4v) is 5.51. The second-order valence-electron chi connectivity index (χ2n) is 11.0. The van der Waals surface area contributed by atoms with E-state index < -0.39 is 5.60 Å². The van der Waals surface area contributed by atoms with E-state index in [4.69, 9.17) is 15.2 Å². The van der Waals surface area contributed by atoms with E-state index in [2.05, 4.69) is 28.5 Å². The molecule has 6 bridgehead atoms. The largest absolute Gasteiger partial charge is 0.487 e. The van der Waals surface area contributed by atoms with Crippen molar-refractivity contribution < 1.29 is 19.1 Å². The van der Waals surface area contributed by atoms with Gasteiger partial charge in [0.2, 0.25) is 5.91 Å². The molecule has 3 N–H and O–H groups in total. The minimum atomic E-state index is -0.425. The van der Waals surface area contributed by atoms with E-state index in [1.54, 1.807) is 13.2 Å². The number of carbonyl (C=O) groups is 2. The first-order chi connectivity index (χ1) is 18.1. The first-order valence-corrected chi connectivity index (χ1v) is 13.2. The Morgan fingerprint density at radius 3 is 2.79 bits per heavy atom. The molecule has 8 nitrogen and oxygen atoms in total. The molecule has 0 radical (unpaired) electrons. The highest BCUT2D eigenvalue weighted by Gasteiger charge is 2.35. The van der Waals surface area contributed by atoms with E-state index in [9.17, 15) is 9.59 Å². The van der Waals surface area contributed by atoms with Crippen LogP contribution in [0.25, 0.3) is 6.08 Å². The van der Waals surface area contributed by atoms with Gasteiger partial charge in [-0.1, -0.05) is 24.3 Å². The smallest absolute Gasteiger partial charge is 0.251 e. The molecule has 0 fully saturated rings. The molecule has 3 unspecified atom stereocenters. The summed E-state index contributed by atoms with van der Waals surface area (Å²) in [6.07, 6.45) is 6.39. The number of rotatable bonds is 2. The molecule has 0 saturated carbocycles. The first-order valence-electron chi connectivity index (χ1n) is 13.2. The lowest BCUT2D eigenvalue weighted by molar-refractivity contribution is -0.128. The van der Waals surface area contributed by atoms with Crippen LogP contribution in [0.5, 0.6) is 5.75 Å². The Kier molecular flexibility index (Phi) is 7.01. The zero-order chi connectivity index (χ0) is 27.0. The maximum absolute atomic E-state index is 13.6. The van der Waals surface area contributed by atoms with E-state index in [-0.39, 0.29) is 42.5 Å². The first kappa shape index (κ1) is 26.0. The van der Waals surface area contributed by atoms with Gasteiger partial charge in [-0.2, -0.15) is 0 Å².